The van der Waals surface area contributed by atoms with Crippen molar-refractivity contribution in [2.24, 2.45) is 0 Å². The van der Waals surface area contributed by atoms with Crippen molar-refractivity contribution in [3.05, 3.63) is 24.0 Å². The first kappa shape index (κ1) is 9.46. The van der Waals surface area contributed by atoms with Crippen LogP contribution in [0, 0.1) is 0 Å². The first-order chi connectivity index (χ1) is 6.84. The molecule has 0 spiro atoms. The summed E-state index contributed by atoms with van der Waals surface area (Å²) in [6.07, 6.45) is 7.38. The third-order valence-electron chi connectivity index (χ3n) is 2.73. The maximum Gasteiger partial charge on any atom is 0.0503 e. The van der Waals surface area contributed by atoms with E-state index in [1.54, 1.807) is 6.20 Å². The number of aromatic nitrogens is 1. The fourth-order valence-corrected chi connectivity index (χ4v) is 1.94. The summed E-state index contributed by atoms with van der Waals surface area (Å²) in [5.41, 5.74) is 7.68. The molecular formula is C11H17N3. The Morgan fingerprint density at radius 1 is 1.29 bits per heavy atom. The Bertz CT molecular complexity index is 292. The monoisotopic (exact) mass is 191 g/mol. The second-order valence-corrected chi connectivity index (χ2v) is 3.93. The average molecular weight is 191 g/mol. The normalized spacial score (nSPS) is 17.4. The number of nitrogens with two attached hydrogens (primary N) is 1. The highest BCUT2D eigenvalue weighted by Crippen LogP contribution is 2.10. The largest absolute Gasteiger partial charge is 0.397 e. The lowest BCUT2D eigenvalue weighted by Crippen LogP contribution is -2.21. The molecule has 0 saturated carbocycles. The van der Waals surface area contributed by atoms with Crippen molar-refractivity contribution in [2.45, 2.75) is 19.3 Å². The third kappa shape index (κ3) is 2.45. The zero-order chi connectivity index (χ0) is 9.80. The quantitative estimate of drug-likeness (QED) is 0.783. The lowest BCUT2D eigenvalue weighted by atomic mass is 10.2. The minimum Gasteiger partial charge on any atom is -0.397 e. The van der Waals surface area contributed by atoms with Crippen LogP contribution in [0.3, 0.4) is 0 Å². The third-order valence-corrected chi connectivity index (χ3v) is 2.73. The van der Waals surface area contributed by atoms with Gasteiger partial charge in [0.2, 0.25) is 0 Å². The molecule has 76 valence electrons. The Morgan fingerprint density at radius 3 is 2.79 bits per heavy atom. The Kier molecular flexibility index (Phi) is 2.99. The molecule has 1 saturated heterocycles. The molecule has 0 bridgehead atoms. The summed E-state index contributed by atoms with van der Waals surface area (Å²) >= 11 is 0. The van der Waals surface area contributed by atoms with E-state index in [-0.39, 0.29) is 0 Å². The second-order valence-electron chi connectivity index (χ2n) is 3.93. The van der Waals surface area contributed by atoms with Gasteiger partial charge in [-0.15, -0.1) is 0 Å². The van der Waals surface area contributed by atoms with Crippen molar-refractivity contribution in [2.75, 3.05) is 25.4 Å². The molecule has 3 heteroatoms. The first-order valence-corrected chi connectivity index (χ1v) is 5.26. The minimum absolute atomic E-state index is 0.768. The highest BCUT2D eigenvalue weighted by molar-refractivity contribution is 5.37. The van der Waals surface area contributed by atoms with Crippen LogP contribution in [0.4, 0.5) is 5.69 Å². The fraction of sp³-hybridized carbons (Fsp3) is 0.545. The summed E-state index contributed by atoms with van der Waals surface area (Å²) in [5.74, 6) is 0. The standard InChI is InChI=1S/C11H17N3/c12-11-7-10(8-13-9-11)3-6-14-4-1-2-5-14/h7-9H,1-6,12H2. The number of hydrogen-bond donors (Lipinski definition) is 1. The van der Waals surface area contributed by atoms with Crippen LogP contribution in [0.15, 0.2) is 18.5 Å². The lowest BCUT2D eigenvalue weighted by molar-refractivity contribution is 0.343. The van der Waals surface area contributed by atoms with Crippen molar-refractivity contribution in [3.8, 4) is 0 Å². The van der Waals surface area contributed by atoms with E-state index >= 15 is 0 Å². The van der Waals surface area contributed by atoms with Crippen LogP contribution in [0.2, 0.25) is 0 Å². The van der Waals surface area contributed by atoms with Crippen molar-refractivity contribution >= 4 is 5.69 Å². The first-order valence-electron chi connectivity index (χ1n) is 5.26. The predicted molar refractivity (Wildman–Crippen MR) is 58.0 cm³/mol. The van der Waals surface area contributed by atoms with Gasteiger partial charge in [-0.2, -0.15) is 0 Å². The van der Waals surface area contributed by atoms with Crippen LogP contribution >= 0.6 is 0 Å². The summed E-state index contributed by atoms with van der Waals surface area (Å²) in [7, 11) is 0. The van der Waals surface area contributed by atoms with E-state index in [0.717, 1.165) is 18.7 Å². The van der Waals surface area contributed by atoms with Crippen LogP contribution in [0.5, 0.6) is 0 Å². The maximum atomic E-state index is 5.67. The van der Waals surface area contributed by atoms with Gasteiger partial charge in [-0.25, -0.2) is 0 Å². The number of pyridine rings is 1. The van der Waals surface area contributed by atoms with Gasteiger partial charge < -0.3 is 10.6 Å². The van der Waals surface area contributed by atoms with E-state index < -0.39 is 0 Å². The number of rotatable bonds is 3. The van der Waals surface area contributed by atoms with Crippen molar-refractivity contribution in [3.63, 3.8) is 0 Å². The number of nitrogens with zero attached hydrogens (tertiary/aromatic N) is 2. The average Bonchev–Trinajstić information content (AvgIpc) is 2.67. The highest BCUT2D eigenvalue weighted by atomic mass is 15.1. The summed E-state index contributed by atoms with van der Waals surface area (Å²) in [6.45, 7) is 3.66. The molecule has 1 aliphatic heterocycles. The molecule has 2 rings (SSSR count). The number of nitrogen functional groups attached to an aromatic ring is 1. The molecule has 0 aromatic carbocycles. The zero-order valence-corrected chi connectivity index (χ0v) is 8.45. The van der Waals surface area contributed by atoms with E-state index in [1.165, 1.54) is 31.5 Å². The molecule has 3 nitrogen and oxygen atoms in total. The van der Waals surface area contributed by atoms with Gasteiger partial charge in [0.15, 0.2) is 0 Å². The number of anilines is 1. The molecular weight excluding hydrogens is 174 g/mol. The minimum atomic E-state index is 0.768. The van der Waals surface area contributed by atoms with E-state index in [9.17, 15) is 0 Å². The SMILES string of the molecule is Nc1cncc(CCN2CCCC2)c1. The number of likely N-dealkylation sites (tertiary alicyclic amines) is 1. The van der Waals surface area contributed by atoms with Crippen LogP contribution in [-0.4, -0.2) is 29.5 Å². The van der Waals surface area contributed by atoms with Crippen molar-refractivity contribution < 1.29 is 0 Å². The second kappa shape index (κ2) is 4.42. The summed E-state index contributed by atoms with van der Waals surface area (Å²) in [6, 6.07) is 2.02. The van der Waals surface area contributed by atoms with Crippen LogP contribution in [0.25, 0.3) is 0 Å². The van der Waals surface area contributed by atoms with Gasteiger partial charge in [-0.1, -0.05) is 0 Å². The molecule has 14 heavy (non-hydrogen) atoms. The van der Waals surface area contributed by atoms with Gasteiger partial charge in [0.25, 0.3) is 0 Å². The van der Waals surface area contributed by atoms with Crippen molar-refractivity contribution in [1.82, 2.24) is 9.88 Å². The Morgan fingerprint density at radius 2 is 2.07 bits per heavy atom. The molecule has 0 amide bonds. The Labute approximate surface area is 84.9 Å². The highest BCUT2D eigenvalue weighted by Gasteiger charge is 2.10. The number of hydrogen-bond acceptors (Lipinski definition) is 3. The smallest absolute Gasteiger partial charge is 0.0503 e. The van der Waals surface area contributed by atoms with E-state index in [1.807, 2.05) is 12.3 Å². The van der Waals surface area contributed by atoms with Crippen LogP contribution < -0.4 is 5.73 Å². The summed E-state index contributed by atoms with van der Waals surface area (Å²) < 4.78 is 0. The topological polar surface area (TPSA) is 42.1 Å². The molecule has 2 N–H and O–H groups in total. The maximum absolute atomic E-state index is 5.67. The predicted octanol–water partition coefficient (Wildman–Crippen LogP) is 1.30. The lowest BCUT2D eigenvalue weighted by Gasteiger charge is -2.13. The molecule has 1 aromatic heterocycles. The van der Waals surface area contributed by atoms with Gasteiger partial charge in [0.05, 0.1) is 5.69 Å². The Balaban J connectivity index is 1.85. The van der Waals surface area contributed by atoms with Gasteiger partial charge in [0, 0.05) is 18.9 Å². The van der Waals surface area contributed by atoms with E-state index in [4.69, 9.17) is 5.73 Å². The molecule has 1 aliphatic rings. The van der Waals surface area contributed by atoms with Gasteiger partial charge in [-0.3, -0.25) is 4.98 Å². The molecule has 0 radical (unpaired) electrons. The summed E-state index contributed by atoms with van der Waals surface area (Å²) in [5, 5.41) is 0. The van der Waals surface area contributed by atoms with E-state index in [2.05, 4.69) is 9.88 Å². The van der Waals surface area contributed by atoms with Crippen LogP contribution in [-0.2, 0) is 6.42 Å². The van der Waals surface area contributed by atoms with E-state index in [0.29, 0.717) is 0 Å². The zero-order valence-electron chi connectivity index (χ0n) is 8.45. The van der Waals surface area contributed by atoms with Gasteiger partial charge >= 0.3 is 0 Å². The van der Waals surface area contributed by atoms with Gasteiger partial charge in [0.1, 0.15) is 0 Å². The Hall–Kier alpha value is -1.09. The van der Waals surface area contributed by atoms with Crippen molar-refractivity contribution in [1.29, 1.82) is 0 Å². The summed E-state index contributed by atoms with van der Waals surface area (Å²) in [4.78, 5) is 6.59. The molecule has 0 aliphatic carbocycles. The van der Waals surface area contributed by atoms with Gasteiger partial charge in [-0.05, 0) is 44.0 Å². The molecule has 1 fully saturated rings. The molecule has 2 heterocycles. The molecule has 0 unspecified atom stereocenters. The molecule has 0 atom stereocenters. The fourth-order valence-electron chi connectivity index (χ4n) is 1.94. The molecule has 1 aromatic rings. The van der Waals surface area contributed by atoms with Crippen LogP contribution in [0.1, 0.15) is 18.4 Å².